The second kappa shape index (κ2) is 18.3. The molecule has 0 aromatic heterocycles. The third kappa shape index (κ3) is 12.8. The number of rotatable bonds is 19. The van der Waals surface area contributed by atoms with E-state index in [0.717, 1.165) is 32.1 Å². The highest BCUT2D eigenvalue weighted by atomic mass is 16.4. The molecule has 0 heterocycles. The number of unbranched alkanes of at least 4 members (excludes halogenated alkanes) is 2. The smallest absolute Gasteiger partial charge is 0.0988 e. The third-order valence-corrected chi connectivity index (χ3v) is 7.47. The second-order valence-corrected chi connectivity index (χ2v) is 10.5. The summed E-state index contributed by atoms with van der Waals surface area (Å²) in [4.78, 5) is 10.5. The van der Waals surface area contributed by atoms with E-state index >= 15 is 0 Å². The Bertz CT molecular complexity index is 748. The molecular formula is C31H51O5-. The molecule has 0 aliphatic heterocycles. The Morgan fingerprint density at radius 2 is 1.50 bits per heavy atom. The minimum absolute atomic E-state index is 0.0687. The Kier molecular flexibility index (Phi) is 17.3. The van der Waals surface area contributed by atoms with E-state index in [-0.39, 0.29) is 23.2 Å². The first-order chi connectivity index (χ1) is 16.9. The van der Waals surface area contributed by atoms with Crippen LogP contribution in [0.1, 0.15) is 92.9 Å². The molecule has 3 unspecified atom stereocenters. The van der Waals surface area contributed by atoms with Crippen molar-refractivity contribution in [3.63, 3.8) is 0 Å². The van der Waals surface area contributed by atoms with E-state index < -0.39 is 24.3 Å². The van der Waals surface area contributed by atoms with Gasteiger partial charge in [0.25, 0.3) is 0 Å². The van der Waals surface area contributed by atoms with Gasteiger partial charge in [-0.2, -0.15) is 0 Å². The molecule has 0 rings (SSSR count). The highest BCUT2D eigenvalue weighted by molar-refractivity contribution is 5.64. The fourth-order valence-corrected chi connectivity index (χ4v) is 3.99. The molecule has 5 atom stereocenters. The van der Waals surface area contributed by atoms with E-state index in [1.807, 2.05) is 57.2 Å². The Morgan fingerprint density at radius 1 is 0.889 bits per heavy atom. The topological polar surface area (TPSA) is 101 Å². The van der Waals surface area contributed by atoms with Crippen molar-refractivity contribution >= 4 is 5.97 Å². The lowest BCUT2D eigenvalue weighted by Gasteiger charge is -2.36. The van der Waals surface area contributed by atoms with Gasteiger partial charge in [0, 0.05) is 11.4 Å². The molecule has 0 fully saturated rings. The Morgan fingerprint density at radius 3 is 2.06 bits per heavy atom. The lowest BCUT2D eigenvalue weighted by atomic mass is 9.72. The van der Waals surface area contributed by atoms with Crippen LogP contribution in [0.5, 0.6) is 0 Å². The van der Waals surface area contributed by atoms with E-state index in [9.17, 15) is 25.2 Å². The number of aliphatic carboxylic acids is 1. The van der Waals surface area contributed by atoms with Gasteiger partial charge in [0.2, 0.25) is 0 Å². The van der Waals surface area contributed by atoms with Gasteiger partial charge in [-0.3, -0.25) is 0 Å². The van der Waals surface area contributed by atoms with Crippen LogP contribution in [0, 0.1) is 16.7 Å². The number of carboxylic acid groups (broad SMARTS) is 1. The van der Waals surface area contributed by atoms with E-state index in [2.05, 4.69) is 32.9 Å². The van der Waals surface area contributed by atoms with Crippen LogP contribution in [-0.4, -0.2) is 39.6 Å². The monoisotopic (exact) mass is 503 g/mol. The van der Waals surface area contributed by atoms with E-state index in [1.165, 1.54) is 0 Å². The van der Waals surface area contributed by atoms with Gasteiger partial charge in [0.05, 0.1) is 18.3 Å². The van der Waals surface area contributed by atoms with Gasteiger partial charge in [-0.05, 0) is 49.9 Å². The largest absolute Gasteiger partial charge is 0.550 e. The molecule has 206 valence electrons. The molecular weight excluding hydrogens is 452 g/mol. The van der Waals surface area contributed by atoms with Gasteiger partial charge in [-0.25, -0.2) is 0 Å². The predicted octanol–water partition coefficient (Wildman–Crippen LogP) is 5.43. The average Bonchev–Trinajstić information content (AvgIpc) is 2.84. The first kappa shape index (κ1) is 34.0. The van der Waals surface area contributed by atoms with Crippen LogP contribution in [-0.2, 0) is 4.79 Å². The molecule has 5 nitrogen and oxygen atoms in total. The third-order valence-electron chi connectivity index (χ3n) is 7.47. The molecule has 0 amide bonds. The average molecular weight is 504 g/mol. The Hall–Kier alpha value is -1.95. The summed E-state index contributed by atoms with van der Waals surface area (Å²) in [7, 11) is 0. The van der Waals surface area contributed by atoms with Crippen molar-refractivity contribution in [1.82, 2.24) is 0 Å². The summed E-state index contributed by atoms with van der Waals surface area (Å²) in [5.41, 5.74) is -0.770. The number of carboxylic acids is 1. The van der Waals surface area contributed by atoms with Crippen molar-refractivity contribution in [3.8, 4) is 0 Å². The summed E-state index contributed by atoms with van der Waals surface area (Å²) in [5.74, 6) is -0.788. The van der Waals surface area contributed by atoms with E-state index in [0.29, 0.717) is 12.8 Å². The molecule has 0 aromatic rings. The van der Waals surface area contributed by atoms with Gasteiger partial charge in [0.1, 0.15) is 0 Å². The van der Waals surface area contributed by atoms with Crippen LogP contribution >= 0.6 is 0 Å². The van der Waals surface area contributed by atoms with Crippen molar-refractivity contribution in [3.05, 3.63) is 60.8 Å². The quantitative estimate of drug-likeness (QED) is 0.124. The van der Waals surface area contributed by atoms with Gasteiger partial charge in [-0.15, -0.1) is 0 Å². The molecule has 0 aliphatic carbocycles. The Labute approximate surface area is 220 Å². The van der Waals surface area contributed by atoms with E-state index in [1.54, 1.807) is 12.2 Å². The zero-order valence-electron chi connectivity index (χ0n) is 23.4. The first-order valence-corrected chi connectivity index (χ1v) is 13.5. The maximum absolute atomic E-state index is 10.8. The molecule has 0 bridgehead atoms. The van der Waals surface area contributed by atoms with Gasteiger partial charge >= 0.3 is 0 Å². The number of hydrogen-bond acceptors (Lipinski definition) is 5. The van der Waals surface area contributed by atoms with Gasteiger partial charge in [-0.1, -0.05) is 115 Å². The SMILES string of the molecule is CC/C=C\C[C@](C)(CC)C(O)C(O)/C=C/C=C/C=C\C=C\[C@@](C)(C(C)C)C(O)CCCCCC(=O)[O-]. The van der Waals surface area contributed by atoms with E-state index in [4.69, 9.17) is 0 Å². The standard InChI is InChI=1S/C31H52O5/c1-7-9-18-23-30(5,8-2)29(36)26(32)20-15-12-10-11-13-19-24-31(6,25(3)4)27(33)21-16-14-17-22-28(34)35/h9-13,15,18-20,24-27,29,32-33,36H,7-8,14,16-17,21-23H2,1-6H3,(H,34,35)/p-1/b12-10+,13-11-,18-9-,20-15+,24-19+/t26?,27?,29?,30-,31-/m0/s1. The van der Waals surface area contributed by atoms with Crippen LogP contribution in [0.25, 0.3) is 0 Å². The summed E-state index contributed by atoms with van der Waals surface area (Å²) in [6, 6.07) is 0. The molecule has 36 heavy (non-hydrogen) atoms. The fraction of sp³-hybridized carbons (Fsp3) is 0.645. The summed E-state index contributed by atoms with van der Waals surface area (Å²) in [6.07, 6.45) is 21.9. The Balaban J connectivity index is 4.83. The predicted molar refractivity (Wildman–Crippen MR) is 148 cm³/mol. The molecule has 0 radical (unpaired) electrons. The number of aliphatic hydroxyl groups excluding tert-OH is 3. The van der Waals surface area contributed by atoms with Crippen molar-refractivity contribution < 1.29 is 25.2 Å². The van der Waals surface area contributed by atoms with Gasteiger partial charge in [0.15, 0.2) is 0 Å². The molecule has 0 aliphatic rings. The van der Waals surface area contributed by atoms with Crippen molar-refractivity contribution in [2.75, 3.05) is 0 Å². The first-order valence-electron chi connectivity index (χ1n) is 13.5. The molecule has 0 aromatic carbocycles. The van der Waals surface area contributed by atoms with Crippen molar-refractivity contribution in [2.24, 2.45) is 16.7 Å². The maximum Gasteiger partial charge on any atom is 0.0988 e. The zero-order chi connectivity index (χ0) is 27.6. The van der Waals surface area contributed by atoms with Crippen molar-refractivity contribution in [2.45, 2.75) is 111 Å². The highest BCUT2D eigenvalue weighted by Crippen LogP contribution is 2.35. The summed E-state index contributed by atoms with van der Waals surface area (Å²) in [6.45, 7) is 12.3. The number of carbonyl (C=O) groups excluding carboxylic acids is 1. The minimum atomic E-state index is -1.02. The van der Waals surface area contributed by atoms with Crippen LogP contribution in [0.15, 0.2) is 60.8 Å². The summed E-state index contributed by atoms with van der Waals surface area (Å²) < 4.78 is 0. The lowest BCUT2D eigenvalue weighted by molar-refractivity contribution is -0.305. The summed E-state index contributed by atoms with van der Waals surface area (Å²) in [5, 5.41) is 42.4. The molecule has 3 N–H and O–H groups in total. The maximum atomic E-state index is 10.8. The number of carbonyl (C=O) groups is 1. The van der Waals surface area contributed by atoms with Crippen LogP contribution in [0.4, 0.5) is 0 Å². The second-order valence-electron chi connectivity index (χ2n) is 10.5. The molecule has 0 saturated heterocycles. The van der Waals surface area contributed by atoms with Crippen LogP contribution in [0.3, 0.4) is 0 Å². The highest BCUT2D eigenvalue weighted by Gasteiger charge is 2.34. The normalized spacial score (nSPS) is 19.1. The van der Waals surface area contributed by atoms with Crippen molar-refractivity contribution in [1.29, 1.82) is 0 Å². The zero-order valence-corrected chi connectivity index (χ0v) is 23.4. The van der Waals surface area contributed by atoms with Crippen LogP contribution in [0.2, 0.25) is 0 Å². The number of hydrogen-bond donors (Lipinski definition) is 3. The lowest BCUT2D eigenvalue weighted by Crippen LogP contribution is -2.40. The molecule has 5 heteroatoms. The number of aliphatic hydroxyl groups is 3. The summed E-state index contributed by atoms with van der Waals surface area (Å²) >= 11 is 0. The minimum Gasteiger partial charge on any atom is -0.550 e. The molecule has 0 spiro atoms. The van der Waals surface area contributed by atoms with Gasteiger partial charge < -0.3 is 25.2 Å². The van der Waals surface area contributed by atoms with Crippen LogP contribution < -0.4 is 5.11 Å². The fourth-order valence-electron chi connectivity index (χ4n) is 3.99. The number of allylic oxidation sites excluding steroid dienone is 8. The molecule has 0 saturated carbocycles.